The topological polar surface area (TPSA) is 32.5 Å². The molecule has 2 saturated heterocycles. The molecule has 0 saturated carbocycles. The summed E-state index contributed by atoms with van der Waals surface area (Å²) in [7, 11) is 2.21. The van der Waals surface area contributed by atoms with Crippen LogP contribution in [0.5, 0.6) is 0 Å². The molecule has 0 spiro atoms. The Morgan fingerprint density at radius 3 is 2.50 bits per heavy atom. The van der Waals surface area contributed by atoms with Gasteiger partial charge in [-0.3, -0.25) is 4.90 Å². The number of hydrogen-bond acceptors (Lipinski definition) is 3. The van der Waals surface area contributed by atoms with Crippen molar-refractivity contribution in [2.45, 2.75) is 37.8 Å². The lowest BCUT2D eigenvalue weighted by atomic mass is 9.97. The maximum atomic E-state index is 6.20. The summed E-state index contributed by atoms with van der Waals surface area (Å²) in [6, 6.07) is 1.03. The molecule has 2 atom stereocenters. The molecular weight excluding hydrogens is 174 g/mol. The molecule has 2 unspecified atom stereocenters. The Balaban J connectivity index is 1.92. The van der Waals surface area contributed by atoms with E-state index in [-0.39, 0.29) is 0 Å². The first kappa shape index (κ1) is 10.4. The van der Waals surface area contributed by atoms with Crippen LogP contribution in [0.15, 0.2) is 0 Å². The van der Waals surface area contributed by atoms with Crippen LogP contribution in [0.1, 0.15) is 25.7 Å². The SMILES string of the molecule is CN1CCC(N)C(N2CCCCC2)C1. The van der Waals surface area contributed by atoms with E-state index in [0.717, 1.165) is 6.42 Å². The van der Waals surface area contributed by atoms with E-state index in [1.807, 2.05) is 0 Å². The summed E-state index contributed by atoms with van der Waals surface area (Å²) in [5, 5.41) is 0. The fourth-order valence-corrected chi connectivity index (χ4v) is 2.74. The summed E-state index contributed by atoms with van der Waals surface area (Å²) in [6.45, 7) is 4.88. The van der Waals surface area contributed by atoms with Crippen LogP contribution in [0, 0.1) is 0 Å². The first-order chi connectivity index (χ1) is 6.77. The summed E-state index contributed by atoms with van der Waals surface area (Å²) >= 11 is 0. The molecule has 0 radical (unpaired) electrons. The fraction of sp³-hybridized carbons (Fsp3) is 1.00. The molecule has 2 aliphatic rings. The van der Waals surface area contributed by atoms with Gasteiger partial charge in [0.15, 0.2) is 0 Å². The minimum atomic E-state index is 0.407. The molecule has 3 heteroatoms. The average molecular weight is 197 g/mol. The molecule has 0 aromatic heterocycles. The van der Waals surface area contributed by atoms with E-state index < -0.39 is 0 Å². The highest BCUT2D eigenvalue weighted by atomic mass is 15.2. The van der Waals surface area contributed by atoms with Gasteiger partial charge in [-0.1, -0.05) is 6.42 Å². The maximum absolute atomic E-state index is 6.20. The predicted octanol–water partition coefficient (Wildman–Crippen LogP) is 0.504. The Morgan fingerprint density at radius 2 is 1.79 bits per heavy atom. The summed E-state index contributed by atoms with van der Waals surface area (Å²) < 4.78 is 0. The summed E-state index contributed by atoms with van der Waals surface area (Å²) in [6.07, 6.45) is 5.31. The first-order valence-electron chi connectivity index (χ1n) is 5.95. The van der Waals surface area contributed by atoms with E-state index in [0.29, 0.717) is 12.1 Å². The normalized spacial score (nSPS) is 37.3. The van der Waals surface area contributed by atoms with Gasteiger partial charge in [-0.2, -0.15) is 0 Å². The highest BCUT2D eigenvalue weighted by Gasteiger charge is 2.30. The van der Waals surface area contributed by atoms with Crippen molar-refractivity contribution in [3.8, 4) is 0 Å². The van der Waals surface area contributed by atoms with Gasteiger partial charge in [-0.15, -0.1) is 0 Å². The van der Waals surface area contributed by atoms with Crippen molar-refractivity contribution in [3.63, 3.8) is 0 Å². The molecule has 82 valence electrons. The molecule has 0 aromatic carbocycles. The van der Waals surface area contributed by atoms with Gasteiger partial charge in [-0.25, -0.2) is 0 Å². The predicted molar refractivity (Wildman–Crippen MR) is 59.3 cm³/mol. The van der Waals surface area contributed by atoms with Crippen molar-refractivity contribution in [3.05, 3.63) is 0 Å². The van der Waals surface area contributed by atoms with Crippen LogP contribution in [0.2, 0.25) is 0 Å². The number of hydrogen-bond donors (Lipinski definition) is 1. The van der Waals surface area contributed by atoms with E-state index >= 15 is 0 Å². The molecule has 14 heavy (non-hydrogen) atoms. The largest absolute Gasteiger partial charge is 0.326 e. The van der Waals surface area contributed by atoms with Gasteiger partial charge in [0.2, 0.25) is 0 Å². The summed E-state index contributed by atoms with van der Waals surface area (Å²) in [4.78, 5) is 5.03. The molecule has 2 N–H and O–H groups in total. The van der Waals surface area contributed by atoms with Crippen molar-refractivity contribution >= 4 is 0 Å². The second kappa shape index (κ2) is 4.60. The van der Waals surface area contributed by atoms with E-state index in [1.54, 1.807) is 0 Å². The average Bonchev–Trinajstić information content (AvgIpc) is 2.23. The van der Waals surface area contributed by atoms with Crippen LogP contribution in [0.25, 0.3) is 0 Å². The van der Waals surface area contributed by atoms with Crippen LogP contribution < -0.4 is 5.73 Å². The zero-order chi connectivity index (χ0) is 9.97. The zero-order valence-corrected chi connectivity index (χ0v) is 9.28. The fourth-order valence-electron chi connectivity index (χ4n) is 2.74. The number of piperidine rings is 2. The molecule has 2 aliphatic heterocycles. The number of likely N-dealkylation sites (N-methyl/N-ethyl adjacent to an activating group) is 1. The van der Waals surface area contributed by atoms with Crippen LogP contribution in [-0.4, -0.2) is 55.1 Å². The minimum Gasteiger partial charge on any atom is -0.326 e. The standard InChI is InChI=1S/C11H23N3/c1-13-8-5-10(12)11(9-13)14-6-3-2-4-7-14/h10-11H,2-9,12H2,1H3. The monoisotopic (exact) mass is 197 g/mol. The van der Waals surface area contributed by atoms with Crippen molar-refractivity contribution < 1.29 is 0 Å². The highest BCUT2D eigenvalue weighted by molar-refractivity contribution is 4.89. The van der Waals surface area contributed by atoms with Gasteiger partial charge in [-0.05, 0) is 45.9 Å². The van der Waals surface area contributed by atoms with E-state index in [4.69, 9.17) is 5.73 Å². The second-order valence-electron chi connectivity index (χ2n) is 4.88. The molecule has 0 aromatic rings. The van der Waals surface area contributed by atoms with Crippen molar-refractivity contribution in [2.24, 2.45) is 5.73 Å². The Morgan fingerprint density at radius 1 is 1.07 bits per heavy atom. The smallest absolute Gasteiger partial charge is 0.0374 e. The van der Waals surface area contributed by atoms with Crippen molar-refractivity contribution in [1.82, 2.24) is 9.80 Å². The summed E-state index contributed by atoms with van der Waals surface area (Å²) in [5.74, 6) is 0. The lowest BCUT2D eigenvalue weighted by Crippen LogP contribution is -2.58. The van der Waals surface area contributed by atoms with Crippen LogP contribution >= 0.6 is 0 Å². The zero-order valence-electron chi connectivity index (χ0n) is 9.28. The summed E-state index contributed by atoms with van der Waals surface area (Å²) in [5.41, 5.74) is 6.20. The maximum Gasteiger partial charge on any atom is 0.0374 e. The number of nitrogens with zero attached hydrogens (tertiary/aromatic N) is 2. The van der Waals surface area contributed by atoms with Gasteiger partial charge in [0.25, 0.3) is 0 Å². The van der Waals surface area contributed by atoms with E-state index in [1.165, 1.54) is 45.4 Å². The highest BCUT2D eigenvalue weighted by Crippen LogP contribution is 2.18. The van der Waals surface area contributed by atoms with Gasteiger partial charge >= 0.3 is 0 Å². The Labute approximate surface area is 87.2 Å². The quantitative estimate of drug-likeness (QED) is 0.664. The molecule has 2 fully saturated rings. The molecule has 2 heterocycles. The molecule has 3 nitrogen and oxygen atoms in total. The minimum absolute atomic E-state index is 0.407. The third-order valence-corrected chi connectivity index (χ3v) is 3.70. The van der Waals surface area contributed by atoms with Gasteiger partial charge in [0.1, 0.15) is 0 Å². The Bertz CT molecular complexity index is 177. The molecule has 0 aliphatic carbocycles. The van der Waals surface area contributed by atoms with Crippen LogP contribution in [0.3, 0.4) is 0 Å². The van der Waals surface area contributed by atoms with Gasteiger partial charge in [0, 0.05) is 18.6 Å². The third kappa shape index (κ3) is 2.27. The van der Waals surface area contributed by atoms with Crippen molar-refractivity contribution in [1.29, 1.82) is 0 Å². The second-order valence-corrected chi connectivity index (χ2v) is 4.88. The molecule has 2 rings (SSSR count). The Kier molecular flexibility index (Phi) is 3.42. The van der Waals surface area contributed by atoms with Crippen LogP contribution in [0.4, 0.5) is 0 Å². The number of nitrogens with two attached hydrogens (primary N) is 1. The van der Waals surface area contributed by atoms with Crippen molar-refractivity contribution in [2.75, 3.05) is 33.2 Å². The lowest BCUT2D eigenvalue weighted by molar-refractivity contribution is 0.0796. The van der Waals surface area contributed by atoms with E-state index in [9.17, 15) is 0 Å². The molecular formula is C11H23N3. The van der Waals surface area contributed by atoms with E-state index in [2.05, 4.69) is 16.8 Å². The van der Waals surface area contributed by atoms with Crippen LogP contribution in [-0.2, 0) is 0 Å². The van der Waals surface area contributed by atoms with Gasteiger partial charge < -0.3 is 10.6 Å². The first-order valence-corrected chi connectivity index (χ1v) is 5.95. The molecule has 0 amide bonds. The molecule has 0 bridgehead atoms. The third-order valence-electron chi connectivity index (χ3n) is 3.70. The number of rotatable bonds is 1. The Hall–Kier alpha value is -0.120. The lowest BCUT2D eigenvalue weighted by Gasteiger charge is -2.43. The van der Waals surface area contributed by atoms with Gasteiger partial charge in [0.05, 0.1) is 0 Å². The number of likely N-dealkylation sites (tertiary alicyclic amines) is 2.